The number of hydrogen-bond acceptors (Lipinski definition) is 4. The molecule has 1 fully saturated rings. The molecule has 1 unspecified atom stereocenters. The average Bonchev–Trinajstić information content (AvgIpc) is 2.47. The van der Waals surface area contributed by atoms with Gasteiger partial charge in [0.25, 0.3) is 0 Å². The largest absolute Gasteiger partial charge is 0.476 e. The molecule has 1 aliphatic heterocycles. The minimum Gasteiger partial charge on any atom is -0.476 e. The summed E-state index contributed by atoms with van der Waals surface area (Å²) in [6, 6.07) is 4.57. The Hall–Kier alpha value is -1.45. The van der Waals surface area contributed by atoms with Crippen molar-refractivity contribution in [2.45, 2.75) is 58.9 Å². The van der Waals surface area contributed by atoms with E-state index < -0.39 is 0 Å². The minimum atomic E-state index is 0.470. The maximum atomic E-state index is 5.99. The van der Waals surface area contributed by atoms with Crippen LogP contribution < -0.4 is 15.4 Å². The molecule has 1 atom stereocenters. The summed E-state index contributed by atoms with van der Waals surface area (Å²) in [5.74, 6) is 2.07. The lowest BCUT2D eigenvalue weighted by Gasteiger charge is -2.37. The zero-order chi connectivity index (χ0) is 15.2. The smallest absolute Gasteiger partial charge is 0.239 e. The molecule has 0 aliphatic carbocycles. The second kappa shape index (κ2) is 7.53. The Bertz CT molecular complexity index is 446. The molecule has 118 valence electrons. The zero-order valence-electron chi connectivity index (χ0n) is 13.6. The molecule has 1 saturated heterocycles. The van der Waals surface area contributed by atoms with Crippen LogP contribution in [0, 0.1) is 5.92 Å². The van der Waals surface area contributed by atoms with E-state index in [4.69, 9.17) is 10.5 Å². The van der Waals surface area contributed by atoms with E-state index in [9.17, 15) is 0 Å². The second-order valence-corrected chi connectivity index (χ2v) is 6.40. The molecule has 2 N–H and O–H groups in total. The van der Waals surface area contributed by atoms with Gasteiger partial charge in [-0.2, -0.15) is 4.98 Å². The first-order valence-electron chi connectivity index (χ1n) is 8.27. The summed E-state index contributed by atoms with van der Waals surface area (Å²) in [5.41, 5.74) is 6.62. The van der Waals surface area contributed by atoms with Crippen LogP contribution in [0.2, 0.25) is 0 Å². The first-order chi connectivity index (χ1) is 10.1. The fourth-order valence-corrected chi connectivity index (χ4v) is 2.90. The van der Waals surface area contributed by atoms with Gasteiger partial charge in [-0.05, 0) is 43.7 Å². The molecule has 4 heteroatoms. The lowest BCUT2D eigenvalue weighted by atomic mass is 9.98. The van der Waals surface area contributed by atoms with Crippen LogP contribution in [0.25, 0.3) is 0 Å². The molecule has 0 aromatic carbocycles. The van der Waals surface area contributed by atoms with Crippen LogP contribution in [0.3, 0.4) is 0 Å². The fourth-order valence-electron chi connectivity index (χ4n) is 2.90. The normalized spacial score (nSPS) is 19.0. The monoisotopic (exact) mass is 291 g/mol. The predicted octanol–water partition coefficient (Wildman–Crippen LogP) is 3.86. The van der Waals surface area contributed by atoms with E-state index in [1.54, 1.807) is 0 Å². The van der Waals surface area contributed by atoms with Gasteiger partial charge in [-0.3, -0.25) is 0 Å². The number of aromatic nitrogens is 1. The molecule has 0 bridgehead atoms. The summed E-state index contributed by atoms with van der Waals surface area (Å²) in [6.07, 6.45) is 6.28. The Morgan fingerprint density at radius 2 is 2.19 bits per heavy atom. The van der Waals surface area contributed by atoms with Crippen molar-refractivity contribution >= 4 is 11.5 Å². The molecule has 2 heterocycles. The molecule has 1 aliphatic rings. The number of nitrogens with zero attached hydrogens (tertiary/aromatic N) is 2. The molecule has 0 radical (unpaired) electrons. The van der Waals surface area contributed by atoms with Crippen molar-refractivity contribution in [1.29, 1.82) is 0 Å². The van der Waals surface area contributed by atoms with E-state index in [1.807, 2.05) is 12.1 Å². The Morgan fingerprint density at radius 1 is 1.38 bits per heavy atom. The highest BCUT2D eigenvalue weighted by Crippen LogP contribution is 2.29. The van der Waals surface area contributed by atoms with E-state index in [2.05, 4.69) is 30.7 Å². The molecule has 0 amide bonds. The molecule has 21 heavy (non-hydrogen) atoms. The van der Waals surface area contributed by atoms with Gasteiger partial charge < -0.3 is 15.4 Å². The van der Waals surface area contributed by atoms with E-state index in [1.165, 1.54) is 32.1 Å². The summed E-state index contributed by atoms with van der Waals surface area (Å²) in [7, 11) is 0. The number of pyridine rings is 1. The number of rotatable bonds is 6. The number of anilines is 2. The number of piperidine rings is 1. The predicted molar refractivity (Wildman–Crippen MR) is 88.9 cm³/mol. The van der Waals surface area contributed by atoms with Gasteiger partial charge in [-0.25, -0.2) is 0 Å². The highest BCUT2D eigenvalue weighted by Gasteiger charge is 2.23. The second-order valence-electron chi connectivity index (χ2n) is 6.40. The van der Waals surface area contributed by atoms with Crippen LogP contribution in [0.4, 0.5) is 11.5 Å². The minimum absolute atomic E-state index is 0.470. The van der Waals surface area contributed by atoms with E-state index in [0.29, 0.717) is 30.1 Å². The topological polar surface area (TPSA) is 51.4 Å². The molecule has 4 nitrogen and oxygen atoms in total. The summed E-state index contributed by atoms with van der Waals surface area (Å²) in [6.45, 7) is 8.24. The third kappa shape index (κ3) is 4.26. The third-order valence-electron chi connectivity index (χ3n) is 3.97. The maximum absolute atomic E-state index is 5.99. The van der Waals surface area contributed by atoms with Crippen LogP contribution >= 0.6 is 0 Å². The average molecular weight is 291 g/mol. The standard InChI is InChI=1S/C17H29N3O/c1-4-7-14-8-5-6-11-20(14)16-10-9-15(18)17(19-16)21-12-13(2)3/h9-10,13-14H,4-8,11-12,18H2,1-3H3. The summed E-state index contributed by atoms with van der Waals surface area (Å²) in [4.78, 5) is 7.12. The molecule has 1 aromatic heterocycles. The van der Waals surface area contributed by atoms with Gasteiger partial charge in [0.15, 0.2) is 0 Å². The van der Waals surface area contributed by atoms with Gasteiger partial charge in [0.2, 0.25) is 5.88 Å². The molecular formula is C17H29N3O. The lowest BCUT2D eigenvalue weighted by molar-refractivity contribution is 0.262. The molecule has 0 saturated carbocycles. The summed E-state index contributed by atoms with van der Waals surface area (Å²) < 4.78 is 5.76. The van der Waals surface area contributed by atoms with Crippen LogP contribution in [0.1, 0.15) is 52.9 Å². The van der Waals surface area contributed by atoms with Gasteiger partial charge >= 0.3 is 0 Å². The number of hydrogen-bond donors (Lipinski definition) is 1. The van der Waals surface area contributed by atoms with Gasteiger partial charge in [0.05, 0.1) is 12.3 Å². The van der Waals surface area contributed by atoms with Crippen molar-refractivity contribution in [2.24, 2.45) is 5.92 Å². The van der Waals surface area contributed by atoms with Gasteiger partial charge in [-0.1, -0.05) is 27.2 Å². The fraction of sp³-hybridized carbons (Fsp3) is 0.706. The summed E-state index contributed by atoms with van der Waals surface area (Å²) >= 11 is 0. The van der Waals surface area contributed by atoms with Crippen LogP contribution in [0.5, 0.6) is 5.88 Å². The van der Waals surface area contributed by atoms with Crippen molar-refractivity contribution in [3.8, 4) is 5.88 Å². The van der Waals surface area contributed by atoms with Gasteiger partial charge in [-0.15, -0.1) is 0 Å². The zero-order valence-corrected chi connectivity index (χ0v) is 13.6. The van der Waals surface area contributed by atoms with Crippen molar-refractivity contribution < 1.29 is 4.74 Å². The third-order valence-corrected chi connectivity index (χ3v) is 3.97. The summed E-state index contributed by atoms with van der Waals surface area (Å²) in [5, 5.41) is 0. The molecule has 2 rings (SSSR count). The SMILES string of the molecule is CCCC1CCCCN1c1ccc(N)c(OCC(C)C)n1. The maximum Gasteiger partial charge on any atom is 0.239 e. The number of nitrogen functional groups attached to an aromatic ring is 1. The lowest BCUT2D eigenvalue weighted by Crippen LogP contribution is -2.40. The Balaban J connectivity index is 2.15. The van der Waals surface area contributed by atoms with Crippen LogP contribution in [0.15, 0.2) is 12.1 Å². The first-order valence-corrected chi connectivity index (χ1v) is 8.27. The number of ether oxygens (including phenoxy) is 1. The quantitative estimate of drug-likeness (QED) is 0.864. The molecule has 1 aromatic rings. The van der Waals surface area contributed by atoms with E-state index in [0.717, 1.165) is 12.4 Å². The van der Waals surface area contributed by atoms with Crippen molar-refractivity contribution in [3.63, 3.8) is 0 Å². The highest BCUT2D eigenvalue weighted by atomic mass is 16.5. The van der Waals surface area contributed by atoms with E-state index >= 15 is 0 Å². The van der Waals surface area contributed by atoms with Gasteiger partial charge in [0.1, 0.15) is 5.82 Å². The Kier molecular flexibility index (Phi) is 5.71. The number of nitrogens with two attached hydrogens (primary N) is 1. The van der Waals surface area contributed by atoms with Crippen molar-refractivity contribution in [1.82, 2.24) is 4.98 Å². The van der Waals surface area contributed by atoms with Crippen molar-refractivity contribution in [2.75, 3.05) is 23.8 Å². The molecular weight excluding hydrogens is 262 g/mol. The Morgan fingerprint density at radius 3 is 2.90 bits per heavy atom. The highest BCUT2D eigenvalue weighted by molar-refractivity contribution is 5.55. The van der Waals surface area contributed by atoms with E-state index in [-0.39, 0.29) is 0 Å². The Labute approximate surface area is 128 Å². The van der Waals surface area contributed by atoms with Crippen LogP contribution in [-0.2, 0) is 0 Å². The van der Waals surface area contributed by atoms with Crippen molar-refractivity contribution in [3.05, 3.63) is 12.1 Å². The molecule has 0 spiro atoms. The van der Waals surface area contributed by atoms with Gasteiger partial charge in [0, 0.05) is 12.6 Å². The first kappa shape index (κ1) is 15.9. The van der Waals surface area contributed by atoms with Crippen LogP contribution in [-0.4, -0.2) is 24.2 Å².